The summed E-state index contributed by atoms with van der Waals surface area (Å²) in [4.78, 5) is 14.6. The van der Waals surface area contributed by atoms with Gasteiger partial charge in [0.2, 0.25) is 5.95 Å². The second kappa shape index (κ2) is 9.06. The molecule has 1 aromatic heterocycles. The van der Waals surface area contributed by atoms with Crippen molar-refractivity contribution in [2.75, 3.05) is 37.7 Å². The number of rotatable bonds is 5. The molecule has 0 aromatic carbocycles. The standard InChI is InChI=1S/C22H37N5O/c1-16(2)26-12-8-18(9-13-26)24-20-4-3-5-21-19(20)14-23-22(25-21)27-10-6-17(15-28)7-11-27/h14,16-18,20,24,28H,3-13,15H2,1-2H3. The minimum absolute atomic E-state index is 0.308. The molecule has 0 saturated carbocycles. The van der Waals surface area contributed by atoms with Crippen LogP contribution in [0.2, 0.25) is 0 Å². The molecule has 156 valence electrons. The van der Waals surface area contributed by atoms with Crippen LogP contribution in [0.1, 0.15) is 69.7 Å². The van der Waals surface area contributed by atoms with Crippen LogP contribution < -0.4 is 10.2 Å². The van der Waals surface area contributed by atoms with E-state index in [4.69, 9.17) is 9.97 Å². The predicted octanol–water partition coefficient (Wildman–Crippen LogP) is 2.53. The SMILES string of the molecule is CC(C)N1CCC(NC2CCCc3nc(N4CCC(CO)CC4)ncc32)CC1. The van der Waals surface area contributed by atoms with Crippen molar-refractivity contribution in [2.45, 2.75) is 76.9 Å². The van der Waals surface area contributed by atoms with Gasteiger partial charge in [0.1, 0.15) is 0 Å². The van der Waals surface area contributed by atoms with Gasteiger partial charge in [0.25, 0.3) is 0 Å². The van der Waals surface area contributed by atoms with Crippen LogP contribution in [0.3, 0.4) is 0 Å². The van der Waals surface area contributed by atoms with Crippen LogP contribution >= 0.6 is 0 Å². The molecule has 2 aliphatic heterocycles. The first-order valence-corrected chi connectivity index (χ1v) is 11.4. The lowest BCUT2D eigenvalue weighted by Gasteiger charge is -2.38. The number of nitrogens with zero attached hydrogens (tertiary/aromatic N) is 4. The van der Waals surface area contributed by atoms with Crippen LogP contribution in [0.15, 0.2) is 6.20 Å². The Morgan fingerprint density at radius 2 is 1.86 bits per heavy atom. The monoisotopic (exact) mass is 387 g/mol. The molecule has 2 saturated heterocycles. The van der Waals surface area contributed by atoms with Crippen molar-refractivity contribution in [3.05, 3.63) is 17.5 Å². The molecule has 0 bridgehead atoms. The molecule has 1 aliphatic carbocycles. The Labute approximate surface area is 169 Å². The van der Waals surface area contributed by atoms with E-state index in [2.05, 4.69) is 35.2 Å². The van der Waals surface area contributed by atoms with Crippen molar-refractivity contribution < 1.29 is 5.11 Å². The van der Waals surface area contributed by atoms with Gasteiger partial charge in [-0.15, -0.1) is 0 Å². The van der Waals surface area contributed by atoms with Crippen molar-refractivity contribution in [3.63, 3.8) is 0 Å². The highest BCUT2D eigenvalue weighted by Crippen LogP contribution is 2.31. The summed E-state index contributed by atoms with van der Waals surface area (Å²) in [5, 5.41) is 13.3. The number of aliphatic hydroxyl groups excluding tert-OH is 1. The van der Waals surface area contributed by atoms with Crippen molar-refractivity contribution in [1.29, 1.82) is 0 Å². The van der Waals surface area contributed by atoms with Crippen LogP contribution in [0.5, 0.6) is 0 Å². The number of anilines is 1. The van der Waals surface area contributed by atoms with E-state index in [0.717, 1.165) is 38.3 Å². The lowest BCUT2D eigenvalue weighted by atomic mass is 9.90. The number of hydrogen-bond acceptors (Lipinski definition) is 6. The predicted molar refractivity (Wildman–Crippen MR) is 113 cm³/mol. The van der Waals surface area contributed by atoms with Crippen LogP contribution in [0, 0.1) is 5.92 Å². The zero-order valence-corrected chi connectivity index (χ0v) is 17.6. The van der Waals surface area contributed by atoms with Gasteiger partial charge in [-0.2, -0.15) is 0 Å². The van der Waals surface area contributed by atoms with Crippen LogP contribution in [0.4, 0.5) is 5.95 Å². The molecular formula is C22H37N5O. The molecule has 3 heterocycles. The van der Waals surface area contributed by atoms with E-state index < -0.39 is 0 Å². The van der Waals surface area contributed by atoms with Gasteiger partial charge < -0.3 is 20.2 Å². The quantitative estimate of drug-likeness (QED) is 0.809. The molecule has 0 amide bonds. The fourth-order valence-electron chi connectivity index (χ4n) is 5.04. The Balaban J connectivity index is 1.38. The topological polar surface area (TPSA) is 64.5 Å². The van der Waals surface area contributed by atoms with E-state index in [9.17, 15) is 5.11 Å². The highest BCUT2D eigenvalue weighted by molar-refractivity contribution is 5.36. The normalized spacial score (nSPS) is 25.3. The second-order valence-corrected chi connectivity index (χ2v) is 9.20. The maximum atomic E-state index is 9.35. The molecular weight excluding hydrogens is 350 g/mol. The lowest BCUT2D eigenvalue weighted by molar-refractivity contribution is 0.154. The smallest absolute Gasteiger partial charge is 0.225 e. The van der Waals surface area contributed by atoms with E-state index in [0.29, 0.717) is 30.7 Å². The maximum absolute atomic E-state index is 9.35. The average Bonchev–Trinajstić information content (AvgIpc) is 2.74. The Kier molecular flexibility index (Phi) is 6.48. The zero-order chi connectivity index (χ0) is 19.5. The molecule has 1 atom stereocenters. The molecule has 2 N–H and O–H groups in total. The van der Waals surface area contributed by atoms with Crippen molar-refractivity contribution in [3.8, 4) is 0 Å². The van der Waals surface area contributed by atoms with Gasteiger partial charge in [0.15, 0.2) is 0 Å². The third-order valence-electron chi connectivity index (χ3n) is 7.02. The third-order valence-corrected chi connectivity index (χ3v) is 7.02. The van der Waals surface area contributed by atoms with Crippen LogP contribution in [-0.4, -0.2) is 64.8 Å². The summed E-state index contributed by atoms with van der Waals surface area (Å²) in [6.45, 7) is 9.23. The second-order valence-electron chi connectivity index (χ2n) is 9.20. The Morgan fingerprint density at radius 3 is 2.54 bits per heavy atom. The molecule has 2 fully saturated rings. The highest BCUT2D eigenvalue weighted by atomic mass is 16.3. The van der Waals surface area contributed by atoms with Gasteiger partial charge in [0, 0.05) is 49.6 Å². The average molecular weight is 388 g/mol. The van der Waals surface area contributed by atoms with Gasteiger partial charge in [-0.05, 0) is 77.8 Å². The van der Waals surface area contributed by atoms with Crippen LogP contribution in [0.25, 0.3) is 0 Å². The summed E-state index contributed by atoms with van der Waals surface area (Å²) in [5.41, 5.74) is 2.57. The van der Waals surface area contributed by atoms with E-state index in [1.807, 2.05) is 0 Å². The van der Waals surface area contributed by atoms with Gasteiger partial charge >= 0.3 is 0 Å². The fraction of sp³-hybridized carbons (Fsp3) is 0.818. The zero-order valence-electron chi connectivity index (χ0n) is 17.6. The molecule has 28 heavy (non-hydrogen) atoms. The fourth-order valence-corrected chi connectivity index (χ4v) is 5.04. The molecule has 4 rings (SSSR count). The van der Waals surface area contributed by atoms with E-state index in [-0.39, 0.29) is 0 Å². The number of fused-ring (bicyclic) bond motifs is 1. The minimum Gasteiger partial charge on any atom is -0.396 e. The molecule has 6 nitrogen and oxygen atoms in total. The first kappa shape index (κ1) is 20.0. The van der Waals surface area contributed by atoms with Crippen molar-refractivity contribution in [2.24, 2.45) is 5.92 Å². The number of aromatic nitrogens is 2. The number of hydrogen-bond donors (Lipinski definition) is 2. The maximum Gasteiger partial charge on any atom is 0.225 e. The van der Waals surface area contributed by atoms with Gasteiger partial charge in [-0.25, -0.2) is 9.97 Å². The third kappa shape index (κ3) is 4.50. The van der Waals surface area contributed by atoms with Crippen LogP contribution in [-0.2, 0) is 6.42 Å². The number of aliphatic hydroxyl groups is 1. The summed E-state index contributed by atoms with van der Waals surface area (Å²) in [6.07, 6.45) is 10.1. The van der Waals surface area contributed by atoms with Crippen molar-refractivity contribution >= 4 is 5.95 Å². The summed E-state index contributed by atoms with van der Waals surface area (Å²) < 4.78 is 0. The molecule has 1 unspecified atom stereocenters. The lowest BCUT2D eigenvalue weighted by Crippen LogP contribution is -2.46. The molecule has 0 spiro atoms. The van der Waals surface area contributed by atoms with Gasteiger partial charge in [0.05, 0.1) is 5.69 Å². The van der Waals surface area contributed by atoms with Gasteiger partial charge in [-0.1, -0.05) is 0 Å². The van der Waals surface area contributed by atoms with E-state index in [1.54, 1.807) is 0 Å². The summed E-state index contributed by atoms with van der Waals surface area (Å²) in [7, 11) is 0. The molecule has 0 radical (unpaired) electrons. The summed E-state index contributed by atoms with van der Waals surface area (Å²) in [6, 6.07) is 1.68. The molecule has 3 aliphatic rings. The first-order chi connectivity index (χ1) is 13.6. The Bertz CT molecular complexity index is 636. The molecule has 1 aromatic rings. The number of likely N-dealkylation sites (tertiary alicyclic amines) is 1. The summed E-state index contributed by atoms with van der Waals surface area (Å²) >= 11 is 0. The first-order valence-electron chi connectivity index (χ1n) is 11.4. The van der Waals surface area contributed by atoms with Gasteiger partial charge in [-0.3, -0.25) is 0 Å². The van der Waals surface area contributed by atoms with Crippen molar-refractivity contribution in [1.82, 2.24) is 20.2 Å². The largest absolute Gasteiger partial charge is 0.396 e. The Hall–Kier alpha value is -1.24. The molecule has 6 heteroatoms. The van der Waals surface area contributed by atoms with E-state index in [1.165, 1.54) is 50.0 Å². The highest BCUT2D eigenvalue weighted by Gasteiger charge is 2.28. The number of nitrogens with one attached hydrogen (secondary N) is 1. The number of piperidine rings is 2. The van der Waals surface area contributed by atoms with E-state index >= 15 is 0 Å². The number of aryl methyl sites for hydroxylation is 1. The Morgan fingerprint density at radius 1 is 1.11 bits per heavy atom. The summed E-state index contributed by atoms with van der Waals surface area (Å²) in [5.74, 6) is 1.34. The minimum atomic E-state index is 0.308.